The Hall–Kier alpha value is -1.28. The largest absolute Gasteiger partial charge is 0.402 e. The third kappa shape index (κ3) is 4.38. The maximum absolute atomic E-state index is 12.3. The molecule has 0 unspecified atom stereocenters. The number of sulfonamides is 1. The molecule has 0 spiro atoms. The van der Waals surface area contributed by atoms with Crippen LogP contribution in [0.4, 0.5) is 18.9 Å². The lowest BCUT2D eigenvalue weighted by Crippen LogP contribution is -2.36. The molecule has 1 rings (SSSR count). The Morgan fingerprint density at radius 2 is 1.85 bits per heavy atom. The van der Waals surface area contributed by atoms with E-state index >= 15 is 0 Å². The zero-order valence-corrected chi connectivity index (χ0v) is 12.1. The van der Waals surface area contributed by atoms with Crippen molar-refractivity contribution in [2.45, 2.75) is 24.4 Å². The van der Waals surface area contributed by atoms with Gasteiger partial charge in [-0.2, -0.15) is 17.5 Å². The molecule has 20 heavy (non-hydrogen) atoms. The summed E-state index contributed by atoms with van der Waals surface area (Å²) in [5.74, 6) is 0. The van der Waals surface area contributed by atoms with E-state index in [1.165, 1.54) is 18.2 Å². The zero-order chi connectivity index (χ0) is 15.4. The highest BCUT2D eigenvalue weighted by Crippen LogP contribution is 2.26. The van der Waals surface area contributed by atoms with Gasteiger partial charge in [0.2, 0.25) is 10.0 Å². The maximum atomic E-state index is 12.3. The average Bonchev–Trinajstić information content (AvgIpc) is 2.34. The second kappa shape index (κ2) is 6.45. The van der Waals surface area contributed by atoms with E-state index in [4.69, 9.17) is 0 Å². The molecule has 0 aromatic heterocycles. The molecular weight excluding hydrogens is 293 g/mol. The van der Waals surface area contributed by atoms with Crippen LogP contribution in [0, 0.1) is 0 Å². The number of hydrogen-bond acceptors (Lipinski definition) is 3. The first-order valence-electron chi connectivity index (χ1n) is 6.04. The van der Waals surface area contributed by atoms with E-state index in [0.717, 1.165) is 13.5 Å². The summed E-state index contributed by atoms with van der Waals surface area (Å²) in [5.41, 5.74) is 0.309. The molecule has 0 saturated heterocycles. The number of alkyl halides is 3. The lowest BCUT2D eigenvalue weighted by Gasteiger charge is -2.20. The summed E-state index contributed by atoms with van der Waals surface area (Å²) in [5, 5.41) is 2.90. The Kier molecular flexibility index (Phi) is 5.41. The van der Waals surface area contributed by atoms with Gasteiger partial charge in [-0.1, -0.05) is 19.1 Å². The van der Waals surface area contributed by atoms with E-state index in [-0.39, 0.29) is 4.90 Å². The minimum Gasteiger partial charge on any atom is -0.384 e. The van der Waals surface area contributed by atoms with Crippen molar-refractivity contribution in [1.82, 2.24) is 4.31 Å². The third-order valence-corrected chi connectivity index (χ3v) is 4.40. The van der Waals surface area contributed by atoms with Gasteiger partial charge in [0.25, 0.3) is 0 Å². The van der Waals surface area contributed by atoms with Gasteiger partial charge in [-0.05, 0) is 18.6 Å². The molecular formula is C12H17F3N2O2S. The van der Waals surface area contributed by atoms with E-state index in [1.54, 1.807) is 6.07 Å². The van der Waals surface area contributed by atoms with Crippen molar-refractivity contribution in [3.8, 4) is 0 Å². The normalized spacial score (nSPS) is 12.7. The molecule has 0 fully saturated rings. The summed E-state index contributed by atoms with van der Waals surface area (Å²) < 4.78 is 61.7. The minimum atomic E-state index is -4.58. The minimum absolute atomic E-state index is 0.153. The molecule has 0 aliphatic heterocycles. The quantitative estimate of drug-likeness (QED) is 0.879. The first kappa shape index (κ1) is 16.8. The Labute approximate surface area is 116 Å². The van der Waals surface area contributed by atoms with Gasteiger partial charge in [0.1, 0.15) is 11.4 Å². The monoisotopic (exact) mass is 310 g/mol. The van der Waals surface area contributed by atoms with Crippen molar-refractivity contribution in [2.75, 3.05) is 25.5 Å². The molecule has 114 valence electrons. The SMILES string of the molecule is CCCNc1ccccc1S(=O)(=O)N(C)CC(F)(F)F. The lowest BCUT2D eigenvalue weighted by molar-refractivity contribution is -0.134. The number of nitrogens with zero attached hydrogens (tertiary/aromatic N) is 1. The van der Waals surface area contributed by atoms with Gasteiger partial charge in [-0.3, -0.25) is 0 Å². The lowest BCUT2D eigenvalue weighted by atomic mass is 10.3. The van der Waals surface area contributed by atoms with Crippen molar-refractivity contribution >= 4 is 15.7 Å². The highest BCUT2D eigenvalue weighted by molar-refractivity contribution is 7.89. The van der Waals surface area contributed by atoms with E-state index in [1.807, 2.05) is 6.92 Å². The topological polar surface area (TPSA) is 49.4 Å². The van der Waals surface area contributed by atoms with Gasteiger partial charge in [-0.15, -0.1) is 0 Å². The molecule has 0 radical (unpaired) electrons. The van der Waals surface area contributed by atoms with Gasteiger partial charge in [-0.25, -0.2) is 8.42 Å². The van der Waals surface area contributed by atoms with Crippen molar-refractivity contribution in [3.63, 3.8) is 0 Å². The van der Waals surface area contributed by atoms with Crippen LogP contribution in [-0.2, 0) is 10.0 Å². The number of rotatable bonds is 6. The Balaban J connectivity index is 3.09. The number of halogens is 3. The summed E-state index contributed by atoms with van der Waals surface area (Å²) in [6, 6.07) is 5.93. The van der Waals surface area contributed by atoms with Crippen molar-refractivity contribution in [2.24, 2.45) is 0 Å². The van der Waals surface area contributed by atoms with Crippen LogP contribution in [0.5, 0.6) is 0 Å². The van der Waals surface area contributed by atoms with E-state index < -0.39 is 22.7 Å². The predicted molar refractivity (Wildman–Crippen MR) is 71.1 cm³/mol. The standard InChI is InChI=1S/C12H17F3N2O2S/c1-3-8-16-10-6-4-5-7-11(10)20(18,19)17(2)9-12(13,14)15/h4-7,16H,3,8-9H2,1-2H3. The van der Waals surface area contributed by atoms with E-state index in [2.05, 4.69) is 5.32 Å². The molecule has 0 saturated carbocycles. The van der Waals surface area contributed by atoms with Crippen LogP contribution in [0.2, 0.25) is 0 Å². The summed E-state index contributed by atoms with van der Waals surface area (Å²) in [6.45, 7) is 0.923. The van der Waals surface area contributed by atoms with Crippen molar-refractivity contribution in [3.05, 3.63) is 24.3 Å². The first-order chi connectivity index (χ1) is 9.18. The Morgan fingerprint density at radius 3 is 2.40 bits per heavy atom. The van der Waals surface area contributed by atoms with Gasteiger partial charge < -0.3 is 5.32 Å². The average molecular weight is 310 g/mol. The molecule has 1 aromatic rings. The van der Waals surface area contributed by atoms with Crippen LogP contribution in [-0.4, -0.2) is 39.0 Å². The smallest absolute Gasteiger partial charge is 0.384 e. The number of para-hydroxylation sites is 1. The second-order valence-corrected chi connectivity index (χ2v) is 6.31. The molecule has 8 heteroatoms. The highest BCUT2D eigenvalue weighted by atomic mass is 32.2. The molecule has 0 aliphatic rings. The summed E-state index contributed by atoms with van der Waals surface area (Å²) >= 11 is 0. The molecule has 0 atom stereocenters. The van der Waals surface area contributed by atoms with E-state index in [9.17, 15) is 21.6 Å². The first-order valence-corrected chi connectivity index (χ1v) is 7.48. The van der Waals surface area contributed by atoms with Crippen LogP contribution in [0.15, 0.2) is 29.2 Å². The van der Waals surface area contributed by atoms with Gasteiger partial charge in [0, 0.05) is 13.6 Å². The van der Waals surface area contributed by atoms with Gasteiger partial charge >= 0.3 is 6.18 Å². The van der Waals surface area contributed by atoms with Crippen LogP contribution in [0.25, 0.3) is 0 Å². The number of benzene rings is 1. The van der Waals surface area contributed by atoms with Crippen molar-refractivity contribution in [1.29, 1.82) is 0 Å². The van der Waals surface area contributed by atoms with Crippen LogP contribution in [0.3, 0.4) is 0 Å². The molecule has 0 bridgehead atoms. The maximum Gasteiger partial charge on any atom is 0.402 e. The zero-order valence-electron chi connectivity index (χ0n) is 11.2. The van der Waals surface area contributed by atoms with Crippen LogP contribution in [0.1, 0.15) is 13.3 Å². The van der Waals surface area contributed by atoms with Crippen molar-refractivity contribution < 1.29 is 21.6 Å². The molecule has 1 N–H and O–H groups in total. The van der Waals surface area contributed by atoms with Crippen LogP contribution >= 0.6 is 0 Å². The number of anilines is 1. The fourth-order valence-corrected chi connectivity index (χ4v) is 2.92. The van der Waals surface area contributed by atoms with E-state index in [0.29, 0.717) is 16.5 Å². The van der Waals surface area contributed by atoms with Crippen LogP contribution < -0.4 is 5.32 Å². The van der Waals surface area contributed by atoms with Gasteiger partial charge in [0.15, 0.2) is 0 Å². The third-order valence-electron chi connectivity index (χ3n) is 2.54. The van der Waals surface area contributed by atoms with Gasteiger partial charge in [0.05, 0.1) is 5.69 Å². The summed E-state index contributed by atoms with van der Waals surface area (Å²) in [7, 11) is -3.27. The number of nitrogens with one attached hydrogen (secondary N) is 1. The number of hydrogen-bond donors (Lipinski definition) is 1. The summed E-state index contributed by atoms with van der Waals surface area (Å²) in [6.07, 6.45) is -3.81. The Morgan fingerprint density at radius 1 is 1.25 bits per heavy atom. The fraction of sp³-hybridized carbons (Fsp3) is 0.500. The molecule has 4 nitrogen and oxygen atoms in total. The molecule has 0 heterocycles. The predicted octanol–water partition coefficient (Wildman–Crippen LogP) is 2.69. The molecule has 0 aliphatic carbocycles. The molecule has 0 amide bonds. The molecule has 1 aromatic carbocycles. The Bertz CT molecular complexity index is 544. The fourth-order valence-electron chi connectivity index (χ4n) is 1.60. The summed E-state index contributed by atoms with van der Waals surface area (Å²) in [4.78, 5) is -0.153. The highest BCUT2D eigenvalue weighted by Gasteiger charge is 2.35. The second-order valence-electron chi connectivity index (χ2n) is 4.30.